The van der Waals surface area contributed by atoms with Gasteiger partial charge in [0.2, 0.25) is 5.95 Å². The SMILES string of the molecule is CC(C)(C)OCN1CCN(Nc2ncccn2)CC1. The summed E-state index contributed by atoms with van der Waals surface area (Å²) in [6.07, 6.45) is 3.48. The Bertz CT molecular complexity index is 370. The summed E-state index contributed by atoms with van der Waals surface area (Å²) in [7, 11) is 0. The van der Waals surface area contributed by atoms with Crippen LogP contribution in [-0.4, -0.2) is 58.4 Å². The number of nitrogens with one attached hydrogen (secondary N) is 1. The zero-order chi connectivity index (χ0) is 13.7. The van der Waals surface area contributed by atoms with E-state index in [1.807, 2.05) is 6.07 Å². The molecule has 0 radical (unpaired) electrons. The standard InChI is InChI=1S/C13H23N5O/c1-13(2,3)19-11-17-7-9-18(10-8-17)16-12-14-5-4-6-15-12/h4-6H,7-11H2,1-3H3,(H,14,15,16). The smallest absolute Gasteiger partial charge is 0.237 e. The predicted molar refractivity (Wildman–Crippen MR) is 74.5 cm³/mol. The van der Waals surface area contributed by atoms with Crippen LogP contribution in [0.4, 0.5) is 5.95 Å². The molecule has 6 nitrogen and oxygen atoms in total. The summed E-state index contributed by atoms with van der Waals surface area (Å²) in [4.78, 5) is 10.6. The van der Waals surface area contributed by atoms with E-state index in [0.717, 1.165) is 26.2 Å². The lowest BCUT2D eigenvalue weighted by Crippen LogP contribution is -2.49. The summed E-state index contributed by atoms with van der Waals surface area (Å²) in [5.74, 6) is 0.655. The number of hydrogen-bond donors (Lipinski definition) is 1. The molecule has 0 saturated carbocycles. The Morgan fingerprint density at radius 3 is 2.37 bits per heavy atom. The van der Waals surface area contributed by atoms with Gasteiger partial charge < -0.3 is 4.74 Å². The van der Waals surface area contributed by atoms with E-state index in [1.54, 1.807) is 12.4 Å². The number of hydrogen-bond acceptors (Lipinski definition) is 6. The molecular formula is C13H23N5O. The number of piperazine rings is 1. The quantitative estimate of drug-likeness (QED) is 0.882. The molecule has 2 rings (SSSR count). The van der Waals surface area contributed by atoms with Crippen LogP contribution in [0.3, 0.4) is 0 Å². The Labute approximate surface area is 114 Å². The van der Waals surface area contributed by atoms with Crippen LogP contribution in [0.1, 0.15) is 20.8 Å². The fourth-order valence-electron chi connectivity index (χ4n) is 1.77. The summed E-state index contributed by atoms with van der Waals surface area (Å²) >= 11 is 0. The highest BCUT2D eigenvalue weighted by molar-refractivity contribution is 5.20. The molecule has 1 fully saturated rings. The number of rotatable bonds is 4. The van der Waals surface area contributed by atoms with Crippen LogP contribution >= 0.6 is 0 Å². The van der Waals surface area contributed by atoms with Gasteiger partial charge in [-0.2, -0.15) is 0 Å². The van der Waals surface area contributed by atoms with Crippen LogP contribution in [0.2, 0.25) is 0 Å². The van der Waals surface area contributed by atoms with Crippen molar-refractivity contribution in [3.8, 4) is 0 Å². The summed E-state index contributed by atoms with van der Waals surface area (Å²) in [6.45, 7) is 10.8. The number of aromatic nitrogens is 2. The number of anilines is 1. The van der Waals surface area contributed by atoms with Gasteiger partial charge in [-0.3, -0.25) is 10.3 Å². The zero-order valence-electron chi connectivity index (χ0n) is 12.0. The topological polar surface area (TPSA) is 53.5 Å². The van der Waals surface area contributed by atoms with E-state index in [1.165, 1.54) is 0 Å². The predicted octanol–water partition coefficient (Wildman–Crippen LogP) is 1.19. The molecule has 0 spiro atoms. The lowest BCUT2D eigenvalue weighted by atomic mass is 10.2. The Morgan fingerprint density at radius 2 is 1.79 bits per heavy atom. The van der Waals surface area contributed by atoms with Crippen LogP contribution in [0, 0.1) is 0 Å². The average Bonchev–Trinajstić information content (AvgIpc) is 2.38. The first-order chi connectivity index (χ1) is 9.03. The van der Waals surface area contributed by atoms with Crippen LogP contribution in [0.5, 0.6) is 0 Å². The second-order valence-corrected chi connectivity index (χ2v) is 5.68. The van der Waals surface area contributed by atoms with E-state index in [2.05, 4.69) is 46.1 Å². The van der Waals surface area contributed by atoms with Crippen LogP contribution in [0.25, 0.3) is 0 Å². The first kappa shape index (κ1) is 14.2. The molecule has 1 aliphatic rings. The van der Waals surface area contributed by atoms with E-state index >= 15 is 0 Å². The summed E-state index contributed by atoms with van der Waals surface area (Å²) in [5, 5.41) is 2.14. The summed E-state index contributed by atoms with van der Waals surface area (Å²) < 4.78 is 5.78. The van der Waals surface area contributed by atoms with Gasteiger partial charge in [0.05, 0.1) is 12.3 Å². The molecule has 6 heteroatoms. The molecule has 0 bridgehead atoms. The third kappa shape index (κ3) is 5.10. The largest absolute Gasteiger partial charge is 0.360 e. The van der Waals surface area contributed by atoms with Crippen molar-refractivity contribution in [2.75, 3.05) is 38.3 Å². The summed E-state index contributed by atoms with van der Waals surface area (Å²) in [6, 6.07) is 1.81. The first-order valence-corrected chi connectivity index (χ1v) is 6.68. The first-order valence-electron chi connectivity index (χ1n) is 6.68. The van der Waals surface area contributed by atoms with Crippen LogP contribution in [-0.2, 0) is 4.74 Å². The maximum absolute atomic E-state index is 5.78. The molecular weight excluding hydrogens is 242 g/mol. The lowest BCUT2D eigenvalue weighted by molar-refractivity contribution is -0.0725. The second kappa shape index (κ2) is 6.27. The van der Waals surface area contributed by atoms with Crippen LogP contribution in [0.15, 0.2) is 18.5 Å². The van der Waals surface area contributed by atoms with Gasteiger partial charge in [0.1, 0.15) is 0 Å². The van der Waals surface area contributed by atoms with Crippen molar-refractivity contribution in [3.63, 3.8) is 0 Å². The molecule has 0 aromatic carbocycles. The number of nitrogens with zero attached hydrogens (tertiary/aromatic N) is 4. The second-order valence-electron chi connectivity index (χ2n) is 5.68. The minimum absolute atomic E-state index is 0.0761. The fourth-order valence-corrected chi connectivity index (χ4v) is 1.77. The third-order valence-corrected chi connectivity index (χ3v) is 2.88. The molecule has 1 aromatic rings. The van der Waals surface area contributed by atoms with Gasteiger partial charge in [-0.05, 0) is 26.8 Å². The molecule has 1 aliphatic heterocycles. The van der Waals surface area contributed by atoms with E-state index in [0.29, 0.717) is 12.7 Å². The minimum atomic E-state index is -0.0761. The number of ether oxygens (including phenoxy) is 1. The molecule has 0 atom stereocenters. The monoisotopic (exact) mass is 265 g/mol. The highest BCUT2D eigenvalue weighted by Crippen LogP contribution is 2.09. The Balaban J connectivity index is 1.71. The van der Waals surface area contributed by atoms with Gasteiger partial charge >= 0.3 is 0 Å². The molecule has 0 aliphatic carbocycles. The van der Waals surface area contributed by atoms with E-state index in [-0.39, 0.29) is 5.60 Å². The van der Waals surface area contributed by atoms with Gasteiger partial charge in [-0.15, -0.1) is 0 Å². The average molecular weight is 265 g/mol. The highest BCUT2D eigenvalue weighted by Gasteiger charge is 2.19. The van der Waals surface area contributed by atoms with Gasteiger partial charge in [0.15, 0.2) is 0 Å². The molecule has 0 unspecified atom stereocenters. The Morgan fingerprint density at radius 1 is 1.16 bits per heavy atom. The van der Waals surface area contributed by atoms with Crippen molar-refractivity contribution in [3.05, 3.63) is 18.5 Å². The van der Waals surface area contributed by atoms with Gasteiger partial charge in [-0.1, -0.05) is 0 Å². The molecule has 1 saturated heterocycles. The summed E-state index contributed by atoms with van der Waals surface area (Å²) in [5.41, 5.74) is 3.14. The molecule has 2 heterocycles. The molecule has 106 valence electrons. The maximum Gasteiger partial charge on any atom is 0.237 e. The van der Waals surface area contributed by atoms with E-state index in [4.69, 9.17) is 4.74 Å². The van der Waals surface area contributed by atoms with E-state index < -0.39 is 0 Å². The van der Waals surface area contributed by atoms with Crippen molar-refractivity contribution in [2.24, 2.45) is 0 Å². The van der Waals surface area contributed by atoms with E-state index in [9.17, 15) is 0 Å². The molecule has 19 heavy (non-hydrogen) atoms. The van der Waals surface area contributed by atoms with Crippen LogP contribution < -0.4 is 5.43 Å². The van der Waals surface area contributed by atoms with Crippen molar-refractivity contribution in [2.45, 2.75) is 26.4 Å². The zero-order valence-corrected chi connectivity index (χ0v) is 12.0. The van der Waals surface area contributed by atoms with Crippen molar-refractivity contribution < 1.29 is 4.74 Å². The van der Waals surface area contributed by atoms with Crippen molar-refractivity contribution in [1.29, 1.82) is 0 Å². The van der Waals surface area contributed by atoms with Crippen molar-refractivity contribution >= 4 is 5.95 Å². The van der Waals surface area contributed by atoms with Gasteiger partial charge in [-0.25, -0.2) is 15.0 Å². The fraction of sp³-hybridized carbons (Fsp3) is 0.692. The molecule has 1 N–H and O–H groups in total. The van der Waals surface area contributed by atoms with Gasteiger partial charge in [0, 0.05) is 38.6 Å². The lowest BCUT2D eigenvalue weighted by Gasteiger charge is -2.35. The number of hydrazine groups is 1. The normalized spacial score (nSPS) is 18.5. The van der Waals surface area contributed by atoms with Crippen molar-refractivity contribution in [1.82, 2.24) is 19.9 Å². The Kier molecular flexibility index (Phi) is 4.68. The Hall–Kier alpha value is -1.24. The minimum Gasteiger partial charge on any atom is -0.360 e. The van der Waals surface area contributed by atoms with Gasteiger partial charge in [0.25, 0.3) is 0 Å². The molecule has 1 aromatic heterocycles. The highest BCUT2D eigenvalue weighted by atomic mass is 16.5. The third-order valence-electron chi connectivity index (χ3n) is 2.88. The maximum atomic E-state index is 5.78. The molecule has 0 amide bonds.